The largest absolute Gasteiger partial charge is 0.295 e. The molecule has 1 atom stereocenters. The first kappa shape index (κ1) is 18.5. The van der Waals surface area contributed by atoms with Crippen LogP contribution in [-0.2, 0) is 4.79 Å². The van der Waals surface area contributed by atoms with Crippen molar-refractivity contribution in [2.75, 3.05) is 0 Å². The second kappa shape index (κ2) is 6.79. The van der Waals surface area contributed by atoms with Gasteiger partial charge < -0.3 is 0 Å². The van der Waals surface area contributed by atoms with Gasteiger partial charge in [-0.15, -0.1) is 0 Å². The number of benzene rings is 2. The molecule has 2 aromatic rings. The Kier molecular flexibility index (Phi) is 4.34. The minimum atomic E-state index is -0.582. The summed E-state index contributed by atoms with van der Waals surface area (Å²) in [5.74, 6) is -0.838. The number of fused-ring (bicyclic) bond motifs is 1. The smallest absolute Gasteiger partial charge is 0.191 e. The first-order valence-electron chi connectivity index (χ1n) is 9.59. The fourth-order valence-electron chi connectivity index (χ4n) is 4.79. The van der Waals surface area contributed by atoms with Crippen molar-refractivity contribution in [2.45, 2.75) is 31.6 Å². The van der Waals surface area contributed by atoms with Gasteiger partial charge in [0.15, 0.2) is 17.3 Å². The van der Waals surface area contributed by atoms with Crippen molar-refractivity contribution in [2.24, 2.45) is 0 Å². The number of halogens is 2. The molecule has 2 aromatic carbocycles. The fraction of sp³-hybridized carbons (Fsp3) is 0.208. The van der Waals surface area contributed by atoms with Crippen LogP contribution in [0, 0.1) is 0 Å². The van der Waals surface area contributed by atoms with E-state index in [9.17, 15) is 14.4 Å². The van der Waals surface area contributed by atoms with E-state index in [0.717, 1.165) is 24.0 Å². The molecule has 5 rings (SSSR count). The van der Waals surface area contributed by atoms with Crippen molar-refractivity contribution in [1.82, 2.24) is 0 Å². The lowest BCUT2D eigenvalue weighted by atomic mass is 9.65. The molecule has 0 amide bonds. The predicted octanol–water partition coefficient (Wildman–Crippen LogP) is 5.91. The zero-order valence-electron chi connectivity index (χ0n) is 15.4. The number of ketones is 3. The van der Waals surface area contributed by atoms with Gasteiger partial charge in [0.05, 0.1) is 10.0 Å². The quantitative estimate of drug-likeness (QED) is 0.573. The van der Waals surface area contributed by atoms with Gasteiger partial charge in [-0.05, 0) is 37.0 Å². The fourth-order valence-corrected chi connectivity index (χ4v) is 5.09. The summed E-state index contributed by atoms with van der Waals surface area (Å²) in [6.07, 6.45) is 2.36. The van der Waals surface area contributed by atoms with E-state index < -0.39 is 5.92 Å². The normalized spacial score (nSPS) is 21.2. The van der Waals surface area contributed by atoms with Crippen LogP contribution in [0.3, 0.4) is 0 Å². The van der Waals surface area contributed by atoms with E-state index in [1.165, 1.54) is 0 Å². The molecular formula is C24H16Cl2O3. The van der Waals surface area contributed by atoms with Gasteiger partial charge in [0.1, 0.15) is 0 Å². The number of carbonyl (C=O) groups excluding carboxylic acids is 3. The maximum Gasteiger partial charge on any atom is 0.191 e. The van der Waals surface area contributed by atoms with Crippen molar-refractivity contribution in [3.63, 3.8) is 0 Å². The molecule has 3 nitrogen and oxygen atoms in total. The highest BCUT2D eigenvalue weighted by molar-refractivity contribution is 6.42. The van der Waals surface area contributed by atoms with Crippen molar-refractivity contribution >= 4 is 40.6 Å². The van der Waals surface area contributed by atoms with E-state index in [-0.39, 0.29) is 17.3 Å². The lowest BCUT2D eigenvalue weighted by molar-refractivity contribution is -0.116. The van der Waals surface area contributed by atoms with E-state index in [1.54, 1.807) is 42.5 Å². The first-order valence-corrected chi connectivity index (χ1v) is 10.3. The molecular weight excluding hydrogens is 407 g/mol. The average molecular weight is 423 g/mol. The van der Waals surface area contributed by atoms with Gasteiger partial charge in [-0.3, -0.25) is 14.4 Å². The van der Waals surface area contributed by atoms with Gasteiger partial charge in [-0.1, -0.05) is 59.1 Å². The SMILES string of the molecule is O=C1CCCC2=C1C(c1ccc(Cl)c(Cl)c1)C1=C(C2)C(=O)c2ccccc2C1=O. The molecule has 0 radical (unpaired) electrons. The third kappa shape index (κ3) is 2.76. The highest BCUT2D eigenvalue weighted by atomic mass is 35.5. The van der Waals surface area contributed by atoms with E-state index >= 15 is 0 Å². The Hall–Kier alpha value is -2.49. The molecule has 3 aliphatic carbocycles. The zero-order valence-corrected chi connectivity index (χ0v) is 16.9. The summed E-state index contributed by atoms with van der Waals surface area (Å²) in [7, 11) is 0. The standard InChI is InChI=1S/C24H16Cl2O3/c25-17-9-8-13(11-18(17)26)21-20-12(4-3-7-19(20)27)10-16-22(21)24(29)15-6-2-1-5-14(15)23(16)28/h1-2,5-6,8-9,11,21H,3-4,7,10H2. The summed E-state index contributed by atoms with van der Waals surface area (Å²) >= 11 is 12.4. The number of Topliss-reactive ketones (excluding diaryl/α,β-unsaturated/α-hetero) is 3. The van der Waals surface area contributed by atoms with Crippen molar-refractivity contribution in [1.29, 1.82) is 0 Å². The summed E-state index contributed by atoms with van der Waals surface area (Å²) in [4.78, 5) is 39.7. The molecule has 144 valence electrons. The maximum absolute atomic E-state index is 13.5. The monoisotopic (exact) mass is 422 g/mol. The third-order valence-corrected chi connectivity index (χ3v) is 6.81. The Labute approximate surface area is 178 Å². The number of allylic oxidation sites excluding steroid dienone is 4. The summed E-state index contributed by atoms with van der Waals surface area (Å²) in [5, 5.41) is 0.762. The summed E-state index contributed by atoms with van der Waals surface area (Å²) < 4.78 is 0. The van der Waals surface area contributed by atoms with Gasteiger partial charge in [0.2, 0.25) is 0 Å². The molecule has 1 unspecified atom stereocenters. The molecule has 29 heavy (non-hydrogen) atoms. The molecule has 0 aromatic heterocycles. The molecule has 0 bridgehead atoms. The number of hydrogen-bond donors (Lipinski definition) is 0. The van der Waals surface area contributed by atoms with Crippen LogP contribution in [-0.4, -0.2) is 17.3 Å². The maximum atomic E-state index is 13.5. The molecule has 0 N–H and O–H groups in total. The van der Waals surface area contributed by atoms with E-state index in [1.807, 2.05) is 0 Å². The molecule has 0 saturated heterocycles. The highest BCUT2D eigenvalue weighted by Gasteiger charge is 2.44. The summed E-state index contributed by atoms with van der Waals surface area (Å²) in [5.41, 5.74) is 4.11. The van der Waals surface area contributed by atoms with Crippen LogP contribution in [0.25, 0.3) is 0 Å². The van der Waals surface area contributed by atoms with Crippen LogP contribution < -0.4 is 0 Å². The minimum absolute atomic E-state index is 0.0491. The highest BCUT2D eigenvalue weighted by Crippen LogP contribution is 2.49. The minimum Gasteiger partial charge on any atom is -0.295 e. The van der Waals surface area contributed by atoms with Crippen LogP contribution in [0.2, 0.25) is 10.0 Å². The third-order valence-electron chi connectivity index (χ3n) is 6.07. The molecule has 0 heterocycles. The molecule has 0 fully saturated rings. The lowest BCUT2D eigenvalue weighted by Gasteiger charge is -2.36. The second-order valence-electron chi connectivity index (χ2n) is 7.67. The molecule has 0 saturated carbocycles. The molecule has 0 spiro atoms. The Bertz CT molecular complexity index is 1190. The van der Waals surface area contributed by atoms with Gasteiger partial charge in [-0.25, -0.2) is 0 Å². The van der Waals surface area contributed by atoms with E-state index in [4.69, 9.17) is 23.2 Å². The van der Waals surface area contributed by atoms with E-state index in [2.05, 4.69) is 0 Å². The Balaban J connectivity index is 1.78. The average Bonchev–Trinajstić information content (AvgIpc) is 2.73. The Morgan fingerprint density at radius 3 is 2.24 bits per heavy atom. The Morgan fingerprint density at radius 2 is 1.52 bits per heavy atom. The molecule has 5 heteroatoms. The first-order chi connectivity index (χ1) is 14.0. The van der Waals surface area contributed by atoms with Crippen LogP contribution in [0.15, 0.2) is 64.8 Å². The van der Waals surface area contributed by atoms with Gasteiger partial charge in [0.25, 0.3) is 0 Å². The topological polar surface area (TPSA) is 51.2 Å². The van der Waals surface area contributed by atoms with Crippen molar-refractivity contribution in [3.8, 4) is 0 Å². The van der Waals surface area contributed by atoms with Gasteiger partial charge >= 0.3 is 0 Å². The molecule has 0 aliphatic heterocycles. The summed E-state index contributed by atoms with van der Waals surface area (Å²) in [6, 6.07) is 12.1. The number of hydrogen-bond acceptors (Lipinski definition) is 3. The van der Waals surface area contributed by atoms with Crippen molar-refractivity contribution < 1.29 is 14.4 Å². The number of rotatable bonds is 1. The van der Waals surface area contributed by atoms with Crippen LogP contribution >= 0.6 is 23.2 Å². The predicted molar refractivity (Wildman–Crippen MR) is 112 cm³/mol. The molecule has 3 aliphatic rings. The van der Waals surface area contributed by atoms with Crippen LogP contribution in [0.5, 0.6) is 0 Å². The van der Waals surface area contributed by atoms with Crippen molar-refractivity contribution in [3.05, 3.63) is 91.5 Å². The Morgan fingerprint density at radius 1 is 0.793 bits per heavy atom. The van der Waals surface area contributed by atoms with Crippen LogP contribution in [0.1, 0.15) is 57.9 Å². The van der Waals surface area contributed by atoms with Gasteiger partial charge in [0, 0.05) is 40.2 Å². The second-order valence-corrected chi connectivity index (χ2v) is 8.49. The summed E-state index contributed by atoms with van der Waals surface area (Å²) in [6.45, 7) is 0. The van der Waals surface area contributed by atoms with Crippen LogP contribution in [0.4, 0.5) is 0 Å². The lowest BCUT2D eigenvalue weighted by Crippen LogP contribution is -2.33. The van der Waals surface area contributed by atoms with Gasteiger partial charge in [-0.2, -0.15) is 0 Å². The zero-order chi connectivity index (χ0) is 20.3. The van der Waals surface area contributed by atoms with E-state index in [0.29, 0.717) is 50.7 Å². The number of carbonyl (C=O) groups is 3.